The van der Waals surface area contributed by atoms with Crippen LogP contribution in [-0.4, -0.2) is 54.5 Å². The van der Waals surface area contributed by atoms with Gasteiger partial charge in [0.25, 0.3) is 0 Å². The Morgan fingerprint density at radius 1 is 1.42 bits per heavy atom. The summed E-state index contributed by atoms with van der Waals surface area (Å²) in [5.41, 5.74) is 0. The first kappa shape index (κ1) is 12.9. The second kappa shape index (κ2) is 4.18. The number of hydrogen-bond donors (Lipinski definition) is 0. The highest BCUT2D eigenvalue weighted by molar-refractivity contribution is 5.82. The Kier molecular flexibility index (Phi) is 2.83. The minimum Gasteiger partial charge on any atom is -0.469 e. The molecule has 0 aliphatic carbocycles. The maximum absolute atomic E-state index is 12.0. The summed E-state index contributed by atoms with van der Waals surface area (Å²) in [6.45, 7) is 4.21. The summed E-state index contributed by atoms with van der Waals surface area (Å²) in [5, 5.41) is 0. The lowest BCUT2D eigenvalue weighted by atomic mass is 9.87. The van der Waals surface area contributed by atoms with E-state index in [1.54, 1.807) is 4.90 Å². The van der Waals surface area contributed by atoms with Crippen molar-refractivity contribution in [2.75, 3.05) is 13.7 Å². The molecule has 19 heavy (non-hydrogen) atoms. The fraction of sp³-hybridized carbons (Fsp3) is 0.846. The first-order valence-electron chi connectivity index (χ1n) is 6.66. The van der Waals surface area contributed by atoms with E-state index in [0.717, 1.165) is 0 Å². The molecule has 0 bridgehead atoms. The molecule has 0 unspecified atom stereocenters. The van der Waals surface area contributed by atoms with Gasteiger partial charge in [0.15, 0.2) is 5.79 Å². The number of rotatable bonds is 1. The summed E-state index contributed by atoms with van der Waals surface area (Å²) in [6, 6.07) is -0.250. The van der Waals surface area contributed by atoms with Crippen LogP contribution in [0.25, 0.3) is 0 Å². The lowest BCUT2D eigenvalue weighted by Crippen LogP contribution is -2.52. The molecule has 0 N–H and O–H groups in total. The number of carbonyl (C=O) groups is 2. The van der Waals surface area contributed by atoms with Gasteiger partial charge in [0, 0.05) is 6.42 Å². The van der Waals surface area contributed by atoms with Gasteiger partial charge in [0.1, 0.15) is 12.2 Å². The predicted octanol–water partition coefficient (Wildman–Crippen LogP) is 0.300. The van der Waals surface area contributed by atoms with Crippen LogP contribution in [0.4, 0.5) is 0 Å². The van der Waals surface area contributed by atoms with Crippen LogP contribution in [0, 0.1) is 5.92 Å². The normalized spacial score (nSPS) is 39.9. The molecule has 6 heteroatoms. The van der Waals surface area contributed by atoms with E-state index in [0.29, 0.717) is 19.4 Å². The average Bonchev–Trinajstić information content (AvgIpc) is 2.82. The third kappa shape index (κ3) is 1.94. The van der Waals surface area contributed by atoms with Crippen LogP contribution in [0.15, 0.2) is 0 Å². The van der Waals surface area contributed by atoms with E-state index in [9.17, 15) is 9.59 Å². The summed E-state index contributed by atoms with van der Waals surface area (Å²) in [7, 11) is 1.38. The van der Waals surface area contributed by atoms with Crippen molar-refractivity contribution in [2.24, 2.45) is 5.92 Å². The molecule has 3 saturated heterocycles. The molecule has 3 aliphatic rings. The maximum atomic E-state index is 12.0. The molecule has 3 fully saturated rings. The molecule has 3 rings (SSSR count). The van der Waals surface area contributed by atoms with Crippen LogP contribution in [-0.2, 0) is 23.8 Å². The van der Waals surface area contributed by atoms with Gasteiger partial charge in [-0.25, -0.2) is 0 Å². The zero-order chi connectivity index (χ0) is 13.8. The second-order valence-corrected chi connectivity index (χ2v) is 5.84. The van der Waals surface area contributed by atoms with Crippen molar-refractivity contribution in [3.8, 4) is 0 Å². The Morgan fingerprint density at radius 3 is 2.84 bits per heavy atom. The Bertz CT molecular complexity index is 421. The number of methoxy groups -OCH3 is 1. The van der Waals surface area contributed by atoms with Crippen LogP contribution in [0.3, 0.4) is 0 Å². The molecule has 0 saturated carbocycles. The number of hydrogen-bond acceptors (Lipinski definition) is 5. The maximum Gasteiger partial charge on any atom is 0.310 e. The summed E-state index contributed by atoms with van der Waals surface area (Å²) in [5.74, 6) is -1.15. The van der Waals surface area contributed by atoms with Gasteiger partial charge in [0.05, 0.1) is 25.6 Å². The summed E-state index contributed by atoms with van der Waals surface area (Å²) < 4.78 is 16.6. The second-order valence-electron chi connectivity index (χ2n) is 5.84. The van der Waals surface area contributed by atoms with Crippen LogP contribution in [0.2, 0.25) is 0 Å². The number of ether oxygens (including phenoxy) is 3. The zero-order valence-electron chi connectivity index (χ0n) is 11.4. The van der Waals surface area contributed by atoms with E-state index in [-0.39, 0.29) is 36.0 Å². The minimum atomic E-state index is -0.650. The number of amides is 1. The van der Waals surface area contributed by atoms with Gasteiger partial charge in [-0.15, -0.1) is 0 Å². The molecule has 0 radical (unpaired) electrons. The fourth-order valence-electron chi connectivity index (χ4n) is 3.50. The number of nitrogens with zero attached hydrogens (tertiary/aromatic N) is 1. The summed E-state index contributed by atoms with van der Waals surface area (Å²) >= 11 is 0. The predicted molar refractivity (Wildman–Crippen MR) is 64.1 cm³/mol. The topological polar surface area (TPSA) is 65.1 Å². The third-order valence-electron chi connectivity index (χ3n) is 4.20. The molecular weight excluding hydrogens is 250 g/mol. The standard InChI is InChI=1S/C13H19NO5/c1-13(2)18-8-6-14-9(15)5-4-7(12(16)17-3)10(14)11(8)19-13/h7-8,10-11H,4-6H2,1-3H3/t7-,8+,10+,11+/m0/s1. The molecule has 0 aromatic carbocycles. The summed E-state index contributed by atoms with van der Waals surface area (Å²) in [4.78, 5) is 25.6. The average molecular weight is 269 g/mol. The summed E-state index contributed by atoms with van der Waals surface area (Å²) in [6.07, 6.45) is 0.538. The number of esters is 1. The Balaban J connectivity index is 1.88. The van der Waals surface area contributed by atoms with Gasteiger partial charge >= 0.3 is 5.97 Å². The number of piperidine rings is 1. The first-order chi connectivity index (χ1) is 8.93. The van der Waals surface area contributed by atoms with E-state index >= 15 is 0 Å². The van der Waals surface area contributed by atoms with E-state index in [2.05, 4.69) is 0 Å². The molecule has 0 aromatic rings. The number of carbonyl (C=O) groups excluding carboxylic acids is 2. The molecule has 0 spiro atoms. The van der Waals surface area contributed by atoms with Crippen molar-refractivity contribution in [3.63, 3.8) is 0 Å². The van der Waals surface area contributed by atoms with Crippen molar-refractivity contribution >= 4 is 11.9 Å². The van der Waals surface area contributed by atoms with E-state index in [1.807, 2.05) is 13.8 Å². The smallest absolute Gasteiger partial charge is 0.310 e. The van der Waals surface area contributed by atoms with Gasteiger partial charge < -0.3 is 19.1 Å². The van der Waals surface area contributed by atoms with Crippen molar-refractivity contribution < 1.29 is 23.8 Å². The molecule has 106 valence electrons. The fourth-order valence-corrected chi connectivity index (χ4v) is 3.50. The van der Waals surface area contributed by atoms with Crippen LogP contribution in [0.5, 0.6) is 0 Å². The molecule has 3 aliphatic heterocycles. The van der Waals surface area contributed by atoms with E-state index in [4.69, 9.17) is 14.2 Å². The van der Waals surface area contributed by atoms with Crippen LogP contribution in [0.1, 0.15) is 26.7 Å². The van der Waals surface area contributed by atoms with Crippen molar-refractivity contribution in [3.05, 3.63) is 0 Å². The van der Waals surface area contributed by atoms with Crippen molar-refractivity contribution in [1.82, 2.24) is 4.90 Å². The lowest BCUT2D eigenvalue weighted by molar-refractivity contribution is -0.178. The van der Waals surface area contributed by atoms with Gasteiger partial charge in [-0.2, -0.15) is 0 Å². The highest BCUT2D eigenvalue weighted by atomic mass is 16.8. The minimum absolute atomic E-state index is 0.0737. The van der Waals surface area contributed by atoms with Crippen LogP contribution < -0.4 is 0 Å². The van der Waals surface area contributed by atoms with Gasteiger partial charge in [-0.05, 0) is 20.3 Å². The highest BCUT2D eigenvalue weighted by Crippen LogP contribution is 2.42. The van der Waals surface area contributed by atoms with Gasteiger partial charge in [0.2, 0.25) is 5.91 Å². The van der Waals surface area contributed by atoms with E-state index in [1.165, 1.54) is 7.11 Å². The van der Waals surface area contributed by atoms with Crippen LogP contribution >= 0.6 is 0 Å². The van der Waals surface area contributed by atoms with Crippen molar-refractivity contribution in [1.29, 1.82) is 0 Å². The molecule has 1 amide bonds. The first-order valence-corrected chi connectivity index (χ1v) is 6.66. The Labute approximate surface area is 112 Å². The quantitative estimate of drug-likeness (QED) is 0.641. The third-order valence-corrected chi connectivity index (χ3v) is 4.20. The largest absolute Gasteiger partial charge is 0.469 e. The van der Waals surface area contributed by atoms with Crippen molar-refractivity contribution in [2.45, 2.75) is 50.7 Å². The van der Waals surface area contributed by atoms with E-state index < -0.39 is 5.79 Å². The molecule has 3 heterocycles. The molecular formula is C13H19NO5. The molecule has 0 aromatic heterocycles. The van der Waals surface area contributed by atoms with Gasteiger partial charge in [-0.1, -0.05) is 0 Å². The van der Waals surface area contributed by atoms with Gasteiger partial charge in [-0.3, -0.25) is 9.59 Å². The monoisotopic (exact) mass is 269 g/mol. The molecule has 6 nitrogen and oxygen atoms in total. The molecule has 4 atom stereocenters. The Hall–Kier alpha value is -1.14. The zero-order valence-corrected chi connectivity index (χ0v) is 11.4. The highest BCUT2D eigenvalue weighted by Gasteiger charge is 2.58. The Morgan fingerprint density at radius 2 is 2.16 bits per heavy atom. The number of fused-ring (bicyclic) bond motifs is 3. The SMILES string of the molecule is COC(=O)[C@H]1CCC(=O)N2C[C@H]3OC(C)(C)O[C@H]3[C@@H]12. The lowest BCUT2D eigenvalue weighted by Gasteiger charge is -2.37.